The van der Waals surface area contributed by atoms with Crippen LogP contribution in [0.2, 0.25) is 0 Å². The van der Waals surface area contributed by atoms with Crippen molar-refractivity contribution in [1.82, 2.24) is 9.80 Å². The maximum atomic E-state index is 12.5. The van der Waals surface area contributed by atoms with Gasteiger partial charge in [0.15, 0.2) is 0 Å². The van der Waals surface area contributed by atoms with Gasteiger partial charge in [-0.3, -0.25) is 9.69 Å². The third-order valence-corrected chi connectivity index (χ3v) is 5.55. The van der Waals surface area contributed by atoms with Gasteiger partial charge in [0, 0.05) is 44.5 Å². The van der Waals surface area contributed by atoms with Crippen LogP contribution in [0.3, 0.4) is 0 Å². The second kappa shape index (κ2) is 7.32. The van der Waals surface area contributed by atoms with Crippen LogP contribution in [0.1, 0.15) is 18.4 Å². The van der Waals surface area contributed by atoms with Gasteiger partial charge >= 0.3 is 0 Å². The molecule has 3 aliphatic rings. The SMILES string of the molecule is COc1ccccc1CN1C[C@@H]2OCC(=O)N(C3CCOCC3)[C@H]2C1. The number of rotatable bonds is 4. The predicted molar refractivity (Wildman–Crippen MR) is 92.5 cm³/mol. The van der Waals surface area contributed by atoms with Gasteiger partial charge < -0.3 is 19.1 Å². The molecule has 1 aromatic carbocycles. The van der Waals surface area contributed by atoms with E-state index in [0.29, 0.717) is 6.04 Å². The van der Waals surface area contributed by atoms with E-state index in [1.165, 1.54) is 5.56 Å². The zero-order valence-corrected chi connectivity index (χ0v) is 14.7. The minimum Gasteiger partial charge on any atom is -0.496 e. The van der Waals surface area contributed by atoms with Gasteiger partial charge in [-0.25, -0.2) is 0 Å². The molecule has 0 N–H and O–H groups in total. The summed E-state index contributed by atoms with van der Waals surface area (Å²) in [5.74, 6) is 1.04. The lowest BCUT2D eigenvalue weighted by Gasteiger charge is -2.43. The first-order valence-corrected chi connectivity index (χ1v) is 9.11. The van der Waals surface area contributed by atoms with Crippen molar-refractivity contribution in [3.05, 3.63) is 29.8 Å². The van der Waals surface area contributed by atoms with Crippen LogP contribution in [0, 0.1) is 0 Å². The predicted octanol–water partition coefficient (Wildman–Crippen LogP) is 1.29. The molecule has 3 aliphatic heterocycles. The van der Waals surface area contributed by atoms with Crippen LogP contribution in [0.25, 0.3) is 0 Å². The van der Waals surface area contributed by atoms with Crippen molar-refractivity contribution in [2.45, 2.75) is 37.6 Å². The van der Waals surface area contributed by atoms with E-state index in [9.17, 15) is 4.79 Å². The van der Waals surface area contributed by atoms with E-state index >= 15 is 0 Å². The lowest BCUT2D eigenvalue weighted by Crippen LogP contribution is -2.58. The summed E-state index contributed by atoms with van der Waals surface area (Å²) in [5.41, 5.74) is 1.17. The molecule has 0 unspecified atom stereocenters. The fourth-order valence-corrected chi connectivity index (χ4v) is 4.34. The van der Waals surface area contributed by atoms with Crippen molar-refractivity contribution in [3.8, 4) is 5.75 Å². The van der Waals surface area contributed by atoms with Crippen molar-refractivity contribution in [1.29, 1.82) is 0 Å². The minimum absolute atomic E-state index is 0.107. The summed E-state index contributed by atoms with van der Waals surface area (Å²) in [6, 6.07) is 8.56. The van der Waals surface area contributed by atoms with Gasteiger partial charge in [-0.15, -0.1) is 0 Å². The Morgan fingerprint density at radius 3 is 2.80 bits per heavy atom. The van der Waals surface area contributed by atoms with Crippen molar-refractivity contribution in [3.63, 3.8) is 0 Å². The Hall–Kier alpha value is -1.63. The minimum atomic E-state index is 0.107. The number of benzene rings is 1. The van der Waals surface area contributed by atoms with E-state index < -0.39 is 0 Å². The average molecular weight is 346 g/mol. The Bertz CT molecular complexity index is 617. The molecule has 1 amide bonds. The standard InChI is InChI=1S/C19H26N2O4/c1-23-17-5-3-2-4-14(17)10-20-11-16-18(12-20)25-13-19(22)21(16)15-6-8-24-9-7-15/h2-5,15-16,18H,6-13H2,1H3/t16-,18-/m0/s1. The third kappa shape index (κ3) is 3.38. The van der Waals surface area contributed by atoms with Crippen LogP contribution >= 0.6 is 0 Å². The number of ether oxygens (including phenoxy) is 3. The molecule has 0 saturated carbocycles. The lowest BCUT2D eigenvalue weighted by molar-refractivity contribution is -0.159. The molecule has 25 heavy (non-hydrogen) atoms. The van der Waals surface area contributed by atoms with Crippen molar-refractivity contribution in [2.75, 3.05) is 40.0 Å². The number of likely N-dealkylation sites (tertiary alicyclic amines) is 1. The summed E-state index contributed by atoms with van der Waals surface area (Å²) in [4.78, 5) is 17.0. The van der Waals surface area contributed by atoms with Crippen molar-refractivity contribution < 1.29 is 19.0 Å². The number of hydrogen-bond acceptors (Lipinski definition) is 5. The van der Waals surface area contributed by atoms with Crippen LogP contribution in [0.4, 0.5) is 0 Å². The highest BCUT2D eigenvalue weighted by atomic mass is 16.5. The Morgan fingerprint density at radius 1 is 1.20 bits per heavy atom. The molecule has 2 atom stereocenters. The molecule has 0 radical (unpaired) electrons. The molecule has 0 aromatic heterocycles. The van der Waals surface area contributed by atoms with Crippen molar-refractivity contribution in [2.24, 2.45) is 0 Å². The fraction of sp³-hybridized carbons (Fsp3) is 0.632. The summed E-state index contributed by atoms with van der Waals surface area (Å²) >= 11 is 0. The first kappa shape index (κ1) is 16.8. The molecule has 3 fully saturated rings. The second-order valence-corrected chi connectivity index (χ2v) is 7.07. The summed E-state index contributed by atoms with van der Waals surface area (Å²) in [7, 11) is 1.71. The summed E-state index contributed by atoms with van der Waals surface area (Å²) in [6.45, 7) is 4.23. The highest BCUT2D eigenvalue weighted by Crippen LogP contribution is 2.30. The maximum Gasteiger partial charge on any atom is 0.249 e. The van der Waals surface area contributed by atoms with Gasteiger partial charge in [-0.1, -0.05) is 18.2 Å². The zero-order valence-electron chi connectivity index (χ0n) is 14.7. The quantitative estimate of drug-likeness (QED) is 0.822. The topological polar surface area (TPSA) is 51.2 Å². The average Bonchev–Trinajstić information content (AvgIpc) is 3.05. The first-order valence-electron chi connectivity index (χ1n) is 9.11. The normalized spacial score (nSPS) is 28.2. The molecule has 4 rings (SSSR count). The van der Waals surface area contributed by atoms with E-state index in [2.05, 4.69) is 15.9 Å². The number of hydrogen-bond donors (Lipinski definition) is 0. The summed E-state index contributed by atoms with van der Waals surface area (Å²) in [6.07, 6.45) is 1.97. The largest absolute Gasteiger partial charge is 0.496 e. The monoisotopic (exact) mass is 346 g/mol. The molecular formula is C19H26N2O4. The number of morpholine rings is 1. The van der Waals surface area contributed by atoms with Gasteiger partial charge in [0.2, 0.25) is 5.91 Å². The van der Waals surface area contributed by atoms with Gasteiger partial charge in [0.25, 0.3) is 0 Å². The van der Waals surface area contributed by atoms with E-state index in [1.54, 1.807) is 7.11 Å². The summed E-state index contributed by atoms with van der Waals surface area (Å²) < 4.78 is 16.8. The fourth-order valence-electron chi connectivity index (χ4n) is 4.34. The number of methoxy groups -OCH3 is 1. The Labute approximate surface area is 148 Å². The van der Waals surface area contributed by atoms with E-state index in [1.807, 2.05) is 18.2 Å². The lowest BCUT2D eigenvalue weighted by atomic mass is 10.0. The molecule has 6 nitrogen and oxygen atoms in total. The Kier molecular flexibility index (Phi) is 4.92. The van der Waals surface area contributed by atoms with E-state index in [0.717, 1.165) is 51.4 Å². The molecular weight excluding hydrogens is 320 g/mol. The van der Waals surface area contributed by atoms with E-state index in [-0.39, 0.29) is 24.7 Å². The van der Waals surface area contributed by atoms with Crippen LogP contribution in [-0.2, 0) is 20.8 Å². The molecule has 0 aliphatic carbocycles. The zero-order chi connectivity index (χ0) is 17.2. The molecule has 136 valence electrons. The van der Waals surface area contributed by atoms with Gasteiger partial charge in [0.05, 0.1) is 19.3 Å². The number of carbonyl (C=O) groups excluding carboxylic acids is 1. The molecule has 6 heteroatoms. The highest BCUT2D eigenvalue weighted by Gasteiger charge is 2.45. The van der Waals surface area contributed by atoms with Crippen LogP contribution in [0.15, 0.2) is 24.3 Å². The third-order valence-electron chi connectivity index (χ3n) is 5.55. The van der Waals surface area contributed by atoms with Crippen LogP contribution < -0.4 is 4.74 Å². The highest BCUT2D eigenvalue weighted by molar-refractivity contribution is 5.79. The number of para-hydroxylation sites is 1. The number of amides is 1. The first-order chi connectivity index (χ1) is 12.3. The molecule has 0 bridgehead atoms. The van der Waals surface area contributed by atoms with E-state index in [4.69, 9.17) is 14.2 Å². The second-order valence-electron chi connectivity index (χ2n) is 7.07. The smallest absolute Gasteiger partial charge is 0.249 e. The van der Waals surface area contributed by atoms with Crippen LogP contribution in [-0.4, -0.2) is 73.9 Å². The van der Waals surface area contributed by atoms with Crippen LogP contribution in [0.5, 0.6) is 5.75 Å². The number of nitrogens with zero attached hydrogens (tertiary/aromatic N) is 2. The maximum absolute atomic E-state index is 12.5. The van der Waals surface area contributed by atoms with Gasteiger partial charge in [0.1, 0.15) is 12.4 Å². The molecule has 1 aromatic rings. The Morgan fingerprint density at radius 2 is 2.00 bits per heavy atom. The number of fused-ring (bicyclic) bond motifs is 1. The molecule has 0 spiro atoms. The number of carbonyl (C=O) groups is 1. The Balaban J connectivity index is 1.47. The molecule has 3 heterocycles. The van der Waals surface area contributed by atoms with Crippen molar-refractivity contribution >= 4 is 5.91 Å². The van der Waals surface area contributed by atoms with Gasteiger partial charge in [-0.2, -0.15) is 0 Å². The summed E-state index contributed by atoms with van der Waals surface area (Å²) in [5, 5.41) is 0. The molecule has 3 saturated heterocycles. The van der Waals surface area contributed by atoms with Gasteiger partial charge in [-0.05, 0) is 18.9 Å².